The van der Waals surface area contributed by atoms with Gasteiger partial charge in [-0.05, 0) is 32.1 Å². The molecule has 0 amide bonds. The molecule has 2 aromatic heterocycles. The standard InChI is InChI=1S/2C10H17NO3.C3H8.2C2H6/c12-6-2-1-3-7-13-8-4-10-5-9-14-11-10;12-6-3-1-2-4-7-13-9-10-5-8-14-11-10;1-3-2;2*1-2/h5,9,12H,1-4,6-8H2;5,8,12H,1-4,6-7,9H2;3H2,1-2H3;2*1-2H3. The first kappa shape index (κ1) is 37.8. The fourth-order valence-corrected chi connectivity index (χ4v) is 2.30. The first-order valence-electron chi connectivity index (χ1n) is 13.4. The lowest BCUT2D eigenvalue weighted by atomic mass is 10.2. The van der Waals surface area contributed by atoms with Gasteiger partial charge in [0.1, 0.15) is 18.2 Å². The third-order valence-electron chi connectivity index (χ3n) is 3.88. The minimum Gasteiger partial charge on any atom is -0.396 e. The number of hydrogen-bond acceptors (Lipinski definition) is 8. The second kappa shape index (κ2) is 36.8. The number of aliphatic hydroxyl groups excluding tert-OH is 2. The SMILES string of the molecule is CC.CC.CCC.OCCCCCCOCc1ccon1.OCCCCCOCCc1ccon1. The Morgan fingerprint density at radius 2 is 1.11 bits per heavy atom. The molecular formula is C27H54N2O6. The summed E-state index contributed by atoms with van der Waals surface area (Å²) in [4.78, 5) is 0. The van der Waals surface area contributed by atoms with Crippen molar-refractivity contribution in [2.24, 2.45) is 0 Å². The van der Waals surface area contributed by atoms with Crippen LogP contribution < -0.4 is 0 Å². The number of hydrogen-bond donors (Lipinski definition) is 2. The maximum Gasteiger partial charge on any atom is 0.124 e. The van der Waals surface area contributed by atoms with Gasteiger partial charge in [-0.2, -0.15) is 0 Å². The highest BCUT2D eigenvalue weighted by Crippen LogP contribution is 2.02. The zero-order valence-corrected chi connectivity index (χ0v) is 23.3. The zero-order valence-electron chi connectivity index (χ0n) is 23.3. The molecule has 0 aliphatic heterocycles. The molecule has 2 N–H and O–H groups in total. The smallest absolute Gasteiger partial charge is 0.124 e. The molecule has 8 nitrogen and oxygen atoms in total. The fourth-order valence-electron chi connectivity index (χ4n) is 2.30. The molecule has 35 heavy (non-hydrogen) atoms. The summed E-state index contributed by atoms with van der Waals surface area (Å²) in [5.74, 6) is 0. The summed E-state index contributed by atoms with van der Waals surface area (Å²) in [6.07, 6.45) is 12.2. The molecule has 2 heterocycles. The van der Waals surface area contributed by atoms with E-state index in [-0.39, 0.29) is 6.61 Å². The summed E-state index contributed by atoms with van der Waals surface area (Å²) in [6.45, 7) is 15.5. The van der Waals surface area contributed by atoms with Crippen LogP contribution in [0.1, 0.15) is 104 Å². The predicted molar refractivity (Wildman–Crippen MR) is 142 cm³/mol. The molecule has 0 saturated carbocycles. The Balaban J connectivity index is -0.000000466. The predicted octanol–water partition coefficient (Wildman–Crippen LogP) is 6.61. The number of aliphatic hydroxyl groups is 2. The van der Waals surface area contributed by atoms with Crippen molar-refractivity contribution in [3.63, 3.8) is 0 Å². The molecule has 0 aromatic carbocycles. The zero-order chi connectivity index (χ0) is 26.8. The van der Waals surface area contributed by atoms with Crippen LogP contribution in [-0.4, -0.2) is 53.6 Å². The molecule has 0 fully saturated rings. The van der Waals surface area contributed by atoms with Crippen LogP contribution in [0.5, 0.6) is 0 Å². The lowest BCUT2D eigenvalue weighted by molar-refractivity contribution is 0.111. The third-order valence-corrected chi connectivity index (χ3v) is 3.88. The van der Waals surface area contributed by atoms with Gasteiger partial charge in [0.2, 0.25) is 0 Å². The van der Waals surface area contributed by atoms with Crippen LogP contribution in [-0.2, 0) is 22.5 Å². The summed E-state index contributed by atoms with van der Waals surface area (Å²) in [6, 6.07) is 3.64. The van der Waals surface area contributed by atoms with E-state index in [0.717, 1.165) is 76.0 Å². The first-order chi connectivity index (χ1) is 17.3. The van der Waals surface area contributed by atoms with Gasteiger partial charge < -0.3 is 28.7 Å². The summed E-state index contributed by atoms with van der Waals surface area (Å²) in [5, 5.41) is 24.6. The Morgan fingerprint density at radius 3 is 1.60 bits per heavy atom. The van der Waals surface area contributed by atoms with Crippen molar-refractivity contribution in [1.29, 1.82) is 0 Å². The molecule has 0 unspecified atom stereocenters. The van der Waals surface area contributed by atoms with Crippen molar-refractivity contribution < 1.29 is 28.7 Å². The molecule has 2 rings (SSSR count). The maximum absolute atomic E-state index is 8.54. The number of unbranched alkanes of at least 4 members (excludes halogenated alkanes) is 5. The Kier molecular flexibility index (Phi) is 39.8. The van der Waals surface area contributed by atoms with Crippen molar-refractivity contribution in [3.05, 3.63) is 36.0 Å². The number of ether oxygens (including phenoxy) is 2. The fraction of sp³-hybridized carbons (Fsp3) is 0.778. The normalized spacial score (nSPS) is 9.37. The van der Waals surface area contributed by atoms with Crippen molar-refractivity contribution in [2.45, 2.75) is 106 Å². The van der Waals surface area contributed by atoms with E-state index in [2.05, 4.69) is 28.7 Å². The first-order valence-corrected chi connectivity index (χ1v) is 13.4. The molecule has 0 atom stereocenters. The Morgan fingerprint density at radius 1 is 0.657 bits per heavy atom. The highest BCUT2D eigenvalue weighted by molar-refractivity contribution is 4.94. The monoisotopic (exact) mass is 502 g/mol. The molecule has 0 saturated heterocycles. The van der Waals surface area contributed by atoms with E-state index < -0.39 is 0 Å². The summed E-state index contributed by atoms with van der Waals surface area (Å²) >= 11 is 0. The average molecular weight is 503 g/mol. The minimum atomic E-state index is 0.277. The van der Waals surface area contributed by atoms with Crippen molar-refractivity contribution in [2.75, 3.05) is 33.0 Å². The average Bonchev–Trinajstić information content (AvgIpc) is 3.61. The van der Waals surface area contributed by atoms with Crippen LogP contribution in [0.25, 0.3) is 0 Å². The highest BCUT2D eigenvalue weighted by atomic mass is 16.5. The quantitative estimate of drug-likeness (QED) is 0.247. The van der Waals surface area contributed by atoms with Crippen LogP contribution in [0.15, 0.2) is 33.7 Å². The van der Waals surface area contributed by atoms with Crippen LogP contribution in [0.3, 0.4) is 0 Å². The minimum absolute atomic E-state index is 0.277. The number of nitrogens with zero attached hydrogens (tertiary/aromatic N) is 2. The van der Waals surface area contributed by atoms with Crippen molar-refractivity contribution >= 4 is 0 Å². The van der Waals surface area contributed by atoms with Crippen LogP contribution in [0, 0.1) is 0 Å². The topological polar surface area (TPSA) is 111 Å². The maximum atomic E-state index is 8.54. The summed E-state index contributed by atoms with van der Waals surface area (Å²) in [5.41, 5.74) is 1.76. The molecule has 0 aliphatic carbocycles. The van der Waals surface area contributed by atoms with Gasteiger partial charge in [0, 0.05) is 45.0 Å². The van der Waals surface area contributed by atoms with E-state index in [1.807, 2.05) is 33.8 Å². The molecule has 0 spiro atoms. The van der Waals surface area contributed by atoms with Crippen LogP contribution in [0.2, 0.25) is 0 Å². The lowest BCUT2D eigenvalue weighted by Gasteiger charge is -2.01. The van der Waals surface area contributed by atoms with E-state index >= 15 is 0 Å². The lowest BCUT2D eigenvalue weighted by Crippen LogP contribution is -2.00. The molecular weight excluding hydrogens is 448 g/mol. The molecule has 0 bridgehead atoms. The second-order valence-corrected chi connectivity index (χ2v) is 7.03. The van der Waals surface area contributed by atoms with Gasteiger partial charge in [-0.1, -0.05) is 71.1 Å². The van der Waals surface area contributed by atoms with Gasteiger partial charge in [-0.3, -0.25) is 0 Å². The summed E-state index contributed by atoms with van der Waals surface area (Å²) in [7, 11) is 0. The second-order valence-electron chi connectivity index (χ2n) is 7.03. The van der Waals surface area contributed by atoms with Gasteiger partial charge in [-0.15, -0.1) is 0 Å². The molecule has 0 radical (unpaired) electrons. The van der Waals surface area contributed by atoms with Gasteiger partial charge in [0.05, 0.1) is 18.9 Å². The van der Waals surface area contributed by atoms with E-state index in [1.165, 1.54) is 6.42 Å². The molecule has 8 heteroatoms. The van der Waals surface area contributed by atoms with E-state index in [1.54, 1.807) is 18.6 Å². The summed E-state index contributed by atoms with van der Waals surface area (Å²) < 4.78 is 20.1. The van der Waals surface area contributed by atoms with Gasteiger partial charge >= 0.3 is 0 Å². The van der Waals surface area contributed by atoms with E-state index in [4.69, 9.17) is 24.2 Å². The van der Waals surface area contributed by atoms with Gasteiger partial charge in [0.15, 0.2) is 0 Å². The Labute approximate surface area is 214 Å². The van der Waals surface area contributed by atoms with E-state index in [0.29, 0.717) is 19.8 Å². The Bertz CT molecular complexity index is 488. The molecule has 2 aromatic rings. The number of rotatable bonds is 16. The largest absolute Gasteiger partial charge is 0.396 e. The van der Waals surface area contributed by atoms with Gasteiger partial charge in [-0.25, -0.2) is 0 Å². The van der Waals surface area contributed by atoms with Crippen LogP contribution in [0.4, 0.5) is 0 Å². The highest BCUT2D eigenvalue weighted by Gasteiger charge is 1.97. The Hall–Kier alpha value is -1.74. The molecule has 208 valence electrons. The molecule has 0 aliphatic rings. The van der Waals surface area contributed by atoms with Crippen molar-refractivity contribution in [1.82, 2.24) is 10.3 Å². The van der Waals surface area contributed by atoms with Crippen LogP contribution >= 0.6 is 0 Å². The van der Waals surface area contributed by atoms with E-state index in [9.17, 15) is 0 Å². The van der Waals surface area contributed by atoms with Crippen molar-refractivity contribution in [3.8, 4) is 0 Å². The van der Waals surface area contributed by atoms with Gasteiger partial charge in [0.25, 0.3) is 0 Å². The number of aromatic nitrogens is 2. The third kappa shape index (κ3) is 32.3.